The van der Waals surface area contributed by atoms with E-state index in [1.165, 1.54) is 0 Å². The summed E-state index contributed by atoms with van der Waals surface area (Å²) in [5, 5.41) is 6.34. The lowest BCUT2D eigenvalue weighted by atomic mass is 10.2. The summed E-state index contributed by atoms with van der Waals surface area (Å²) in [6.07, 6.45) is 0.400. The summed E-state index contributed by atoms with van der Waals surface area (Å²) in [4.78, 5) is 15.5. The van der Waals surface area contributed by atoms with E-state index in [0.717, 1.165) is 10.7 Å². The molecule has 1 atom stereocenters. The van der Waals surface area contributed by atoms with Gasteiger partial charge in [0.2, 0.25) is 0 Å². The topological polar surface area (TPSA) is 51.2 Å². The number of aromatic nitrogens is 1. The molecule has 4 nitrogen and oxygen atoms in total. The van der Waals surface area contributed by atoms with Gasteiger partial charge in [-0.3, -0.25) is 4.79 Å². The predicted molar refractivity (Wildman–Crippen MR) is 64.4 cm³/mol. The number of hydrogen-bond donors (Lipinski definition) is 1. The molecule has 1 unspecified atom stereocenters. The molecule has 1 heterocycles. The molecule has 0 fully saturated rings. The second-order valence-electron chi connectivity index (χ2n) is 3.65. The van der Waals surface area contributed by atoms with Gasteiger partial charge < -0.3 is 10.1 Å². The molecule has 0 aliphatic rings. The number of thiazole rings is 1. The zero-order chi connectivity index (χ0) is 12.0. The van der Waals surface area contributed by atoms with Crippen LogP contribution in [-0.2, 0) is 16.1 Å². The summed E-state index contributed by atoms with van der Waals surface area (Å²) in [5.74, 6) is -0.156. The minimum atomic E-state index is -0.156. The summed E-state index contributed by atoms with van der Waals surface area (Å²) >= 11 is 1.64. The fourth-order valence-corrected chi connectivity index (χ4v) is 1.92. The maximum Gasteiger partial charge on any atom is 0.307 e. The first-order valence-electron chi connectivity index (χ1n) is 5.41. The summed E-state index contributed by atoms with van der Waals surface area (Å²) < 4.78 is 4.88. The molecule has 0 amide bonds. The molecule has 16 heavy (non-hydrogen) atoms. The Morgan fingerprint density at radius 2 is 2.44 bits per heavy atom. The fourth-order valence-electron chi connectivity index (χ4n) is 1.31. The Kier molecular flexibility index (Phi) is 5.42. The van der Waals surface area contributed by atoms with Crippen molar-refractivity contribution >= 4 is 17.3 Å². The number of nitrogens with one attached hydrogen (secondary N) is 1. The lowest BCUT2D eigenvalue weighted by molar-refractivity contribution is -0.143. The van der Waals surface area contributed by atoms with Crippen molar-refractivity contribution in [3.05, 3.63) is 16.1 Å². The van der Waals surface area contributed by atoms with E-state index in [2.05, 4.69) is 10.3 Å². The van der Waals surface area contributed by atoms with Crippen LogP contribution in [0.1, 0.15) is 31.0 Å². The largest absolute Gasteiger partial charge is 0.466 e. The maximum absolute atomic E-state index is 11.2. The van der Waals surface area contributed by atoms with E-state index < -0.39 is 0 Å². The molecule has 1 N–H and O–H groups in total. The molecule has 0 aliphatic heterocycles. The fraction of sp³-hybridized carbons (Fsp3) is 0.636. The first-order valence-corrected chi connectivity index (χ1v) is 6.29. The minimum absolute atomic E-state index is 0.112. The average Bonchev–Trinajstić information content (AvgIpc) is 2.61. The van der Waals surface area contributed by atoms with Gasteiger partial charge in [0.1, 0.15) is 0 Å². The van der Waals surface area contributed by atoms with E-state index >= 15 is 0 Å². The summed E-state index contributed by atoms with van der Waals surface area (Å²) in [6.45, 7) is 6.90. The molecule has 90 valence electrons. The van der Waals surface area contributed by atoms with Crippen molar-refractivity contribution in [2.45, 2.75) is 39.8 Å². The zero-order valence-corrected chi connectivity index (χ0v) is 10.8. The predicted octanol–water partition coefficient (Wildman–Crippen LogP) is 1.88. The van der Waals surface area contributed by atoms with Gasteiger partial charge in [-0.15, -0.1) is 11.3 Å². The van der Waals surface area contributed by atoms with Gasteiger partial charge in [0.25, 0.3) is 0 Å². The van der Waals surface area contributed by atoms with E-state index in [4.69, 9.17) is 4.74 Å². The molecule has 0 saturated carbocycles. The SMILES string of the molecule is CCOC(=O)CC(C)NCc1csc(C)n1. The first-order chi connectivity index (χ1) is 7.61. The van der Waals surface area contributed by atoms with Crippen molar-refractivity contribution in [3.8, 4) is 0 Å². The van der Waals surface area contributed by atoms with E-state index in [9.17, 15) is 4.79 Å². The molecule has 0 bridgehead atoms. The monoisotopic (exact) mass is 242 g/mol. The van der Waals surface area contributed by atoms with Gasteiger partial charge in [-0.25, -0.2) is 4.98 Å². The third-order valence-corrected chi connectivity index (χ3v) is 2.90. The molecule has 0 aliphatic carbocycles. The highest BCUT2D eigenvalue weighted by atomic mass is 32.1. The Labute approximate surface area is 100 Å². The highest BCUT2D eigenvalue weighted by Gasteiger charge is 2.09. The van der Waals surface area contributed by atoms with Gasteiger partial charge in [0.15, 0.2) is 0 Å². The maximum atomic E-state index is 11.2. The molecule has 0 spiro atoms. The van der Waals surface area contributed by atoms with E-state index in [-0.39, 0.29) is 12.0 Å². The Balaban J connectivity index is 2.24. The summed E-state index contributed by atoms with van der Waals surface area (Å²) in [7, 11) is 0. The van der Waals surface area contributed by atoms with Crippen molar-refractivity contribution in [1.82, 2.24) is 10.3 Å². The van der Waals surface area contributed by atoms with Crippen molar-refractivity contribution in [2.75, 3.05) is 6.61 Å². The van der Waals surface area contributed by atoms with Crippen LogP contribution in [0.5, 0.6) is 0 Å². The molecule has 1 aromatic heterocycles. The van der Waals surface area contributed by atoms with Crippen LogP contribution >= 0.6 is 11.3 Å². The van der Waals surface area contributed by atoms with Gasteiger partial charge in [0, 0.05) is 18.0 Å². The van der Waals surface area contributed by atoms with Crippen LogP contribution in [0.2, 0.25) is 0 Å². The van der Waals surface area contributed by atoms with Crippen LogP contribution in [0.25, 0.3) is 0 Å². The lowest BCUT2D eigenvalue weighted by Crippen LogP contribution is -2.28. The minimum Gasteiger partial charge on any atom is -0.466 e. The summed E-state index contributed by atoms with van der Waals surface area (Å²) in [6, 6.07) is 0.112. The molecule has 1 rings (SSSR count). The van der Waals surface area contributed by atoms with Crippen LogP contribution in [0.3, 0.4) is 0 Å². The van der Waals surface area contributed by atoms with Gasteiger partial charge in [-0.05, 0) is 20.8 Å². The number of esters is 1. The Morgan fingerprint density at radius 3 is 3.00 bits per heavy atom. The molecule has 0 radical (unpaired) electrons. The van der Waals surface area contributed by atoms with Crippen LogP contribution < -0.4 is 5.32 Å². The smallest absolute Gasteiger partial charge is 0.307 e. The first kappa shape index (κ1) is 13.1. The van der Waals surface area contributed by atoms with Crippen molar-refractivity contribution in [3.63, 3.8) is 0 Å². The molecule has 5 heteroatoms. The van der Waals surface area contributed by atoms with Gasteiger partial charge in [0.05, 0.1) is 23.7 Å². The molecular weight excluding hydrogens is 224 g/mol. The summed E-state index contributed by atoms with van der Waals surface area (Å²) in [5.41, 5.74) is 1.03. The van der Waals surface area contributed by atoms with E-state index in [0.29, 0.717) is 19.6 Å². The van der Waals surface area contributed by atoms with Gasteiger partial charge >= 0.3 is 5.97 Å². The van der Waals surface area contributed by atoms with Crippen LogP contribution in [0.4, 0.5) is 0 Å². The zero-order valence-electron chi connectivity index (χ0n) is 9.95. The number of carbonyl (C=O) groups is 1. The molecule has 0 aromatic carbocycles. The third-order valence-electron chi connectivity index (χ3n) is 2.08. The van der Waals surface area contributed by atoms with Gasteiger partial charge in [-0.1, -0.05) is 0 Å². The number of carbonyl (C=O) groups excluding carboxylic acids is 1. The highest BCUT2D eigenvalue weighted by molar-refractivity contribution is 7.09. The standard InChI is InChI=1S/C11H18N2O2S/c1-4-15-11(14)5-8(2)12-6-10-7-16-9(3)13-10/h7-8,12H,4-6H2,1-3H3. The Morgan fingerprint density at radius 1 is 1.69 bits per heavy atom. The number of aryl methyl sites for hydroxylation is 1. The van der Waals surface area contributed by atoms with Gasteiger partial charge in [-0.2, -0.15) is 0 Å². The van der Waals surface area contributed by atoms with E-state index in [1.807, 2.05) is 26.2 Å². The number of ether oxygens (including phenoxy) is 1. The molecule has 1 aromatic rings. The lowest BCUT2D eigenvalue weighted by Gasteiger charge is -2.11. The quantitative estimate of drug-likeness (QED) is 0.774. The van der Waals surface area contributed by atoms with Crippen molar-refractivity contribution < 1.29 is 9.53 Å². The number of hydrogen-bond acceptors (Lipinski definition) is 5. The number of rotatable bonds is 6. The normalized spacial score (nSPS) is 12.4. The number of nitrogens with zero attached hydrogens (tertiary/aromatic N) is 1. The Hall–Kier alpha value is -0.940. The van der Waals surface area contributed by atoms with Crippen LogP contribution in [0, 0.1) is 6.92 Å². The highest BCUT2D eigenvalue weighted by Crippen LogP contribution is 2.07. The van der Waals surface area contributed by atoms with Crippen molar-refractivity contribution in [2.24, 2.45) is 0 Å². The second-order valence-corrected chi connectivity index (χ2v) is 4.71. The van der Waals surface area contributed by atoms with Crippen molar-refractivity contribution in [1.29, 1.82) is 0 Å². The van der Waals surface area contributed by atoms with E-state index in [1.54, 1.807) is 11.3 Å². The van der Waals surface area contributed by atoms with Crippen LogP contribution in [-0.4, -0.2) is 23.6 Å². The average molecular weight is 242 g/mol. The third kappa shape index (κ3) is 4.72. The Bertz CT molecular complexity index is 338. The molecular formula is C11H18N2O2S. The second kappa shape index (κ2) is 6.60. The molecule has 0 saturated heterocycles. The van der Waals surface area contributed by atoms with Crippen LogP contribution in [0.15, 0.2) is 5.38 Å².